The zero-order chi connectivity index (χ0) is 16.1. The molecule has 1 fully saturated rings. The average molecular weight is 306 g/mol. The zero-order valence-electron chi connectivity index (χ0n) is 13.1. The maximum absolute atomic E-state index is 13.7. The lowest BCUT2D eigenvalue weighted by Crippen LogP contribution is -2.44. The monoisotopic (exact) mass is 306 g/mol. The molecule has 1 N–H and O–H groups in total. The van der Waals surface area contributed by atoms with Crippen molar-refractivity contribution in [3.05, 3.63) is 35.6 Å². The van der Waals surface area contributed by atoms with Crippen molar-refractivity contribution in [2.75, 3.05) is 13.1 Å². The van der Waals surface area contributed by atoms with Gasteiger partial charge in [-0.25, -0.2) is 4.39 Å². The van der Waals surface area contributed by atoms with Crippen LogP contribution in [-0.2, 0) is 4.79 Å². The minimum Gasteiger partial charge on any atom is -0.353 e. The van der Waals surface area contributed by atoms with Crippen molar-refractivity contribution in [2.45, 2.75) is 39.2 Å². The predicted octanol–water partition coefficient (Wildman–Crippen LogP) is 2.59. The first-order chi connectivity index (χ1) is 10.5. The van der Waals surface area contributed by atoms with E-state index in [1.807, 2.05) is 13.8 Å². The van der Waals surface area contributed by atoms with Crippen LogP contribution in [-0.4, -0.2) is 35.8 Å². The maximum Gasteiger partial charge on any atom is 0.256 e. The number of nitrogens with zero attached hydrogens (tertiary/aromatic N) is 1. The highest BCUT2D eigenvalue weighted by atomic mass is 19.1. The molecule has 1 aliphatic rings. The summed E-state index contributed by atoms with van der Waals surface area (Å²) in [5.74, 6) is -0.783. The van der Waals surface area contributed by atoms with E-state index in [1.165, 1.54) is 12.1 Å². The van der Waals surface area contributed by atoms with Gasteiger partial charge in [-0.2, -0.15) is 0 Å². The number of halogens is 1. The second-order valence-corrected chi connectivity index (χ2v) is 5.86. The van der Waals surface area contributed by atoms with Crippen molar-refractivity contribution < 1.29 is 14.0 Å². The molecule has 22 heavy (non-hydrogen) atoms. The third-order valence-electron chi connectivity index (χ3n) is 4.26. The number of benzene rings is 1. The van der Waals surface area contributed by atoms with E-state index in [4.69, 9.17) is 0 Å². The Morgan fingerprint density at radius 3 is 2.55 bits per heavy atom. The Labute approximate surface area is 130 Å². The number of nitrogens with one attached hydrogen (secondary N) is 1. The second-order valence-electron chi connectivity index (χ2n) is 5.86. The van der Waals surface area contributed by atoms with Crippen LogP contribution < -0.4 is 5.32 Å². The molecular formula is C17H23FN2O2. The number of piperidine rings is 1. The van der Waals surface area contributed by atoms with Crippen molar-refractivity contribution in [2.24, 2.45) is 5.92 Å². The Morgan fingerprint density at radius 2 is 1.95 bits per heavy atom. The molecule has 0 aliphatic carbocycles. The Kier molecular flexibility index (Phi) is 5.52. The third-order valence-corrected chi connectivity index (χ3v) is 4.26. The predicted molar refractivity (Wildman–Crippen MR) is 82.9 cm³/mol. The van der Waals surface area contributed by atoms with Gasteiger partial charge in [0.15, 0.2) is 0 Å². The molecule has 2 rings (SSSR count). The van der Waals surface area contributed by atoms with E-state index in [1.54, 1.807) is 17.0 Å². The summed E-state index contributed by atoms with van der Waals surface area (Å²) >= 11 is 0. The SMILES string of the molecule is CC[C@@H](C)NC(=O)C1CCN(C(=O)c2ccccc2F)CC1. The molecule has 1 aromatic rings. The molecule has 4 nitrogen and oxygen atoms in total. The van der Waals surface area contributed by atoms with Crippen molar-refractivity contribution in [1.29, 1.82) is 0 Å². The molecule has 120 valence electrons. The summed E-state index contributed by atoms with van der Waals surface area (Å²) < 4.78 is 13.7. The van der Waals surface area contributed by atoms with Gasteiger partial charge >= 0.3 is 0 Å². The zero-order valence-corrected chi connectivity index (χ0v) is 13.1. The molecule has 0 aromatic heterocycles. The van der Waals surface area contributed by atoms with E-state index in [0.29, 0.717) is 25.9 Å². The van der Waals surface area contributed by atoms with Crippen LogP contribution in [0.15, 0.2) is 24.3 Å². The number of hydrogen-bond donors (Lipinski definition) is 1. The summed E-state index contributed by atoms with van der Waals surface area (Å²) in [6, 6.07) is 6.18. The highest BCUT2D eigenvalue weighted by Gasteiger charge is 2.28. The van der Waals surface area contributed by atoms with Crippen LogP contribution in [0.2, 0.25) is 0 Å². The second kappa shape index (κ2) is 7.38. The van der Waals surface area contributed by atoms with E-state index in [-0.39, 0.29) is 29.3 Å². The molecule has 1 saturated heterocycles. The molecule has 1 heterocycles. The lowest BCUT2D eigenvalue weighted by atomic mass is 9.95. The molecule has 0 radical (unpaired) electrons. The average Bonchev–Trinajstić information content (AvgIpc) is 2.54. The van der Waals surface area contributed by atoms with Crippen molar-refractivity contribution >= 4 is 11.8 Å². The number of amides is 2. The fourth-order valence-corrected chi connectivity index (χ4v) is 2.61. The first-order valence-corrected chi connectivity index (χ1v) is 7.87. The lowest BCUT2D eigenvalue weighted by Gasteiger charge is -2.32. The van der Waals surface area contributed by atoms with E-state index >= 15 is 0 Å². The molecule has 0 saturated carbocycles. The normalized spacial score (nSPS) is 17.1. The Bertz CT molecular complexity index is 539. The minimum absolute atomic E-state index is 0.0568. The summed E-state index contributed by atoms with van der Waals surface area (Å²) in [6.07, 6.45) is 2.15. The van der Waals surface area contributed by atoms with Gasteiger partial charge in [0.05, 0.1) is 5.56 Å². The Hall–Kier alpha value is -1.91. The number of carbonyl (C=O) groups excluding carboxylic acids is 2. The number of rotatable bonds is 4. The summed E-state index contributed by atoms with van der Waals surface area (Å²) in [5.41, 5.74) is 0.102. The van der Waals surface area contributed by atoms with Gasteiger partial charge in [0.1, 0.15) is 5.82 Å². The summed E-state index contributed by atoms with van der Waals surface area (Å²) in [7, 11) is 0. The fourth-order valence-electron chi connectivity index (χ4n) is 2.61. The highest BCUT2D eigenvalue weighted by molar-refractivity contribution is 5.94. The van der Waals surface area contributed by atoms with Crippen LogP contribution in [0.4, 0.5) is 4.39 Å². The third kappa shape index (κ3) is 3.84. The number of hydrogen-bond acceptors (Lipinski definition) is 2. The van der Waals surface area contributed by atoms with Crippen LogP contribution in [0, 0.1) is 11.7 Å². The molecule has 0 unspecified atom stereocenters. The topological polar surface area (TPSA) is 49.4 Å². The van der Waals surface area contributed by atoms with E-state index in [2.05, 4.69) is 5.32 Å². The van der Waals surface area contributed by atoms with Crippen molar-refractivity contribution in [3.63, 3.8) is 0 Å². The molecule has 0 spiro atoms. The van der Waals surface area contributed by atoms with Crippen LogP contribution in [0.1, 0.15) is 43.5 Å². The van der Waals surface area contributed by atoms with Crippen LogP contribution in [0.5, 0.6) is 0 Å². The summed E-state index contributed by atoms with van der Waals surface area (Å²) in [4.78, 5) is 26.0. The first kappa shape index (κ1) is 16.5. The summed E-state index contributed by atoms with van der Waals surface area (Å²) in [5, 5.41) is 2.98. The van der Waals surface area contributed by atoms with Gasteiger partial charge in [0.25, 0.3) is 5.91 Å². The first-order valence-electron chi connectivity index (χ1n) is 7.87. The van der Waals surface area contributed by atoms with Crippen LogP contribution in [0.3, 0.4) is 0 Å². The highest BCUT2D eigenvalue weighted by Crippen LogP contribution is 2.20. The van der Waals surface area contributed by atoms with Crippen LogP contribution in [0.25, 0.3) is 0 Å². The molecular weight excluding hydrogens is 283 g/mol. The number of likely N-dealkylation sites (tertiary alicyclic amines) is 1. The minimum atomic E-state index is -0.496. The molecule has 2 amide bonds. The molecule has 1 atom stereocenters. The molecule has 0 bridgehead atoms. The smallest absolute Gasteiger partial charge is 0.256 e. The van der Waals surface area contributed by atoms with Crippen molar-refractivity contribution in [3.8, 4) is 0 Å². The standard InChI is InChI=1S/C17H23FN2O2/c1-3-12(2)19-16(21)13-8-10-20(11-9-13)17(22)14-6-4-5-7-15(14)18/h4-7,12-13H,3,8-11H2,1-2H3,(H,19,21)/t12-/m1/s1. The summed E-state index contributed by atoms with van der Waals surface area (Å²) in [6.45, 7) is 4.99. The largest absolute Gasteiger partial charge is 0.353 e. The number of carbonyl (C=O) groups is 2. The van der Waals surface area contributed by atoms with Gasteiger partial charge in [-0.05, 0) is 38.3 Å². The molecule has 1 aliphatic heterocycles. The van der Waals surface area contributed by atoms with E-state index < -0.39 is 5.82 Å². The van der Waals surface area contributed by atoms with E-state index in [9.17, 15) is 14.0 Å². The fraction of sp³-hybridized carbons (Fsp3) is 0.529. The van der Waals surface area contributed by atoms with Crippen molar-refractivity contribution in [1.82, 2.24) is 10.2 Å². The lowest BCUT2D eigenvalue weighted by molar-refractivity contribution is -0.126. The van der Waals surface area contributed by atoms with Gasteiger partial charge in [-0.3, -0.25) is 9.59 Å². The van der Waals surface area contributed by atoms with Gasteiger partial charge < -0.3 is 10.2 Å². The molecule has 1 aromatic carbocycles. The maximum atomic E-state index is 13.7. The van der Waals surface area contributed by atoms with Gasteiger partial charge in [0.2, 0.25) is 5.91 Å². The van der Waals surface area contributed by atoms with Gasteiger partial charge in [-0.15, -0.1) is 0 Å². The van der Waals surface area contributed by atoms with Crippen LogP contribution >= 0.6 is 0 Å². The Balaban J connectivity index is 1.91. The molecule has 5 heteroatoms. The van der Waals surface area contributed by atoms with Gasteiger partial charge in [0, 0.05) is 25.0 Å². The van der Waals surface area contributed by atoms with E-state index in [0.717, 1.165) is 6.42 Å². The Morgan fingerprint density at radius 1 is 1.32 bits per heavy atom. The quantitative estimate of drug-likeness (QED) is 0.929. The van der Waals surface area contributed by atoms with Gasteiger partial charge in [-0.1, -0.05) is 19.1 Å².